The van der Waals surface area contributed by atoms with Gasteiger partial charge in [0.2, 0.25) is 0 Å². The summed E-state index contributed by atoms with van der Waals surface area (Å²) in [5.74, 6) is 0. The molecule has 0 aliphatic carbocycles. The van der Waals surface area contributed by atoms with E-state index in [1.54, 1.807) is 0 Å². The molecule has 0 spiro atoms. The molecule has 19 heavy (non-hydrogen) atoms. The van der Waals surface area contributed by atoms with Gasteiger partial charge in [-0.2, -0.15) is 0 Å². The summed E-state index contributed by atoms with van der Waals surface area (Å²) in [4.78, 5) is 2.56. The molecule has 0 unspecified atom stereocenters. The molecule has 106 valence electrons. The van der Waals surface area contributed by atoms with Crippen molar-refractivity contribution in [1.82, 2.24) is 10.2 Å². The van der Waals surface area contributed by atoms with Crippen LogP contribution in [0.1, 0.15) is 19.4 Å². The summed E-state index contributed by atoms with van der Waals surface area (Å²) in [5, 5.41) is 7.01. The minimum absolute atomic E-state index is 0.177. The molecular formula is C15H24BrN3. The molecule has 0 radical (unpaired) electrons. The van der Waals surface area contributed by atoms with Gasteiger partial charge in [0.05, 0.1) is 0 Å². The van der Waals surface area contributed by atoms with Gasteiger partial charge >= 0.3 is 0 Å². The Kier molecular flexibility index (Phi) is 4.87. The second-order valence-corrected chi connectivity index (χ2v) is 6.78. The van der Waals surface area contributed by atoms with Gasteiger partial charge in [0, 0.05) is 48.4 Å². The van der Waals surface area contributed by atoms with Crippen molar-refractivity contribution >= 4 is 21.6 Å². The number of halogens is 1. The van der Waals surface area contributed by atoms with Crippen molar-refractivity contribution in [1.29, 1.82) is 0 Å². The Morgan fingerprint density at radius 2 is 2.00 bits per heavy atom. The van der Waals surface area contributed by atoms with E-state index in [1.807, 2.05) is 0 Å². The van der Waals surface area contributed by atoms with Crippen molar-refractivity contribution in [2.75, 3.05) is 38.0 Å². The lowest BCUT2D eigenvalue weighted by Crippen LogP contribution is -2.56. The third-order valence-corrected chi connectivity index (χ3v) is 4.38. The van der Waals surface area contributed by atoms with Gasteiger partial charge < -0.3 is 10.6 Å². The highest BCUT2D eigenvalue weighted by molar-refractivity contribution is 9.10. The number of hydrogen-bond acceptors (Lipinski definition) is 3. The molecule has 0 bridgehead atoms. The predicted molar refractivity (Wildman–Crippen MR) is 85.9 cm³/mol. The number of hydrogen-bond donors (Lipinski definition) is 2. The van der Waals surface area contributed by atoms with Crippen LogP contribution < -0.4 is 10.6 Å². The third-order valence-electron chi connectivity index (χ3n) is 3.88. The Bertz CT molecular complexity index is 425. The maximum absolute atomic E-state index is 3.60. The number of nitrogens with one attached hydrogen (secondary N) is 2. The van der Waals surface area contributed by atoms with Gasteiger partial charge in [-0.3, -0.25) is 4.90 Å². The first-order valence-electron chi connectivity index (χ1n) is 6.95. The van der Waals surface area contributed by atoms with E-state index in [-0.39, 0.29) is 5.54 Å². The zero-order chi connectivity index (χ0) is 13.9. The fourth-order valence-corrected chi connectivity index (χ4v) is 2.84. The van der Waals surface area contributed by atoms with Crippen molar-refractivity contribution in [2.24, 2.45) is 0 Å². The molecule has 1 aliphatic heterocycles. The Balaban J connectivity index is 1.98. The lowest BCUT2D eigenvalue weighted by molar-refractivity contribution is 0.114. The van der Waals surface area contributed by atoms with Gasteiger partial charge in [-0.15, -0.1) is 0 Å². The summed E-state index contributed by atoms with van der Waals surface area (Å²) in [6.45, 7) is 12.2. The van der Waals surface area contributed by atoms with Crippen LogP contribution in [0.25, 0.3) is 0 Å². The van der Waals surface area contributed by atoms with E-state index in [9.17, 15) is 0 Å². The van der Waals surface area contributed by atoms with Crippen molar-refractivity contribution in [2.45, 2.75) is 26.3 Å². The van der Waals surface area contributed by atoms with Gasteiger partial charge in [-0.25, -0.2) is 0 Å². The molecule has 0 aromatic heterocycles. The number of rotatable bonds is 4. The van der Waals surface area contributed by atoms with E-state index in [2.05, 4.69) is 70.4 Å². The maximum Gasteiger partial charge on any atom is 0.0381 e. The molecule has 2 rings (SSSR count). The molecule has 0 saturated carbocycles. The highest BCUT2D eigenvalue weighted by atomic mass is 79.9. The van der Waals surface area contributed by atoms with E-state index in [4.69, 9.17) is 0 Å². The second kappa shape index (κ2) is 6.25. The highest BCUT2D eigenvalue weighted by Gasteiger charge is 2.27. The summed E-state index contributed by atoms with van der Waals surface area (Å²) < 4.78 is 1.13. The Morgan fingerprint density at radius 1 is 1.32 bits per heavy atom. The summed E-state index contributed by atoms with van der Waals surface area (Å²) in [5.41, 5.74) is 2.69. The van der Waals surface area contributed by atoms with Crippen LogP contribution in [-0.2, 0) is 0 Å². The monoisotopic (exact) mass is 325 g/mol. The summed E-state index contributed by atoms with van der Waals surface area (Å²) in [6.07, 6.45) is 0. The van der Waals surface area contributed by atoms with Crippen molar-refractivity contribution in [3.63, 3.8) is 0 Å². The van der Waals surface area contributed by atoms with Crippen LogP contribution >= 0.6 is 15.9 Å². The molecule has 1 aromatic carbocycles. The van der Waals surface area contributed by atoms with Crippen LogP contribution in [0.2, 0.25) is 0 Å². The van der Waals surface area contributed by atoms with Gasteiger partial charge in [0.1, 0.15) is 0 Å². The van der Waals surface area contributed by atoms with Crippen LogP contribution in [0.15, 0.2) is 22.7 Å². The lowest BCUT2D eigenvalue weighted by atomic mass is 10.0. The number of anilines is 1. The first-order chi connectivity index (χ1) is 8.99. The summed E-state index contributed by atoms with van der Waals surface area (Å²) in [6, 6.07) is 6.38. The van der Waals surface area contributed by atoms with E-state index >= 15 is 0 Å². The molecule has 0 amide bonds. The molecule has 3 nitrogen and oxygen atoms in total. The van der Waals surface area contributed by atoms with Gasteiger partial charge in [-0.1, -0.05) is 22.0 Å². The SMILES string of the molecule is Cc1ccc(Br)cc1NCC(C)(C)N1CCNCC1. The smallest absolute Gasteiger partial charge is 0.0381 e. The molecule has 4 heteroatoms. The largest absolute Gasteiger partial charge is 0.383 e. The van der Waals surface area contributed by atoms with E-state index in [0.717, 1.165) is 37.2 Å². The van der Waals surface area contributed by atoms with Crippen LogP contribution in [0, 0.1) is 6.92 Å². The zero-order valence-electron chi connectivity index (χ0n) is 12.1. The van der Waals surface area contributed by atoms with Crippen molar-refractivity contribution < 1.29 is 0 Å². The summed E-state index contributed by atoms with van der Waals surface area (Å²) >= 11 is 3.53. The average molecular weight is 326 g/mol. The normalized spacial score (nSPS) is 17.5. The van der Waals surface area contributed by atoms with E-state index in [0.29, 0.717) is 0 Å². The number of benzene rings is 1. The van der Waals surface area contributed by atoms with Crippen molar-refractivity contribution in [3.8, 4) is 0 Å². The van der Waals surface area contributed by atoms with Crippen LogP contribution in [0.5, 0.6) is 0 Å². The van der Waals surface area contributed by atoms with Gasteiger partial charge in [0.25, 0.3) is 0 Å². The minimum atomic E-state index is 0.177. The molecule has 1 heterocycles. The predicted octanol–water partition coefficient (Wildman–Crippen LogP) is 2.85. The Hall–Kier alpha value is -0.580. The van der Waals surface area contributed by atoms with Crippen LogP contribution in [0.3, 0.4) is 0 Å². The maximum atomic E-state index is 3.60. The highest BCUT2D eigenvalue weighted by Crippen LogP contribution is 2.22. The molecule has 0 atom stereocenters. The van der Waals surface area contributed by atoms with Gasteiger partial charge in [-0.05, 0) is 38.5 Å². The number of aryl methyl sites for hydroxylation is 1. The molecule has 2 N–H and O–H groups in total. The third kappa shape index (κ3) is 3.94. The minimum Gasteiger partial charge on any atom is -0.383 e. The number of piperazine rings is 1. The molecule has 1 fully saturated rings. The summed E-state index contributed by atoms with van der Waals surface area (Å²) in [7, 11) is 0. The molecule has 1 aliphatic rings. The standard InChI is InChI=1S/C15H24BrN3/c1-12-4-5-13(16)10-14(12)18-11-15(2,3)19-8-6-17-7-9-19/h4-5,10,17-18H,6-9,11H2,1-3H3. The Labute approximate surface area is 124 Å². The lowest BCUT2D eigenvalue weighted by Gasteiger charge is -2.41. The Morgan fingerprint density at radius 3 is 2.68 bits per heavy atom. The fourth-order valence-electron chi connectivity index (χ4n) is 2.48. The van der Waals surface area contributed by atoms with Gasteiger partial charge in [0.15, 0.2) is 0 Å². The quantitative estimate of drug-likeness (QED) is 0.891. The molecular weight excluding hydrogens is 302 g/mol. The van der Waals surface area contributed by atoms with Crippen molar-refractivity contribution in [3.05, 3.63) is 28.2 Å². The topological polar surface area (TPSA) is 27.3 Å². The van der Waals surface area contributed by atoms with Crippen LogP contribution in [-0.4, -0.2) is 43.2 Å². The molecule has 1 aromatic rings. The van der Waals surface area contributed by atoms with E-state index in [1.165, 1.54) is 11.3 Å². The zero-order valence-corrected chi connectivity index (χ0v) is 13.7. The fraction of sp³-hybridized carbons (Fsp3) is 0.600. The second-order valence-electron chi connectivity index (χ2n) is 5.86. The number of nitrogens with zero attached hydrogens (tertiary/aromatic N) is 1. The first kappa shape index (κ1) is 14.8. The first-order valence-corrected chi connectivity index (χ1v) is 7.74. The van der Waals surface area contributed by atoms with E-state index < -0.39 is 0 Å². The van der Waals surface area contributed by atoms with Crippen LogP contribution in [0.4, 0.5) is 5.69 Å². The average Bonchev–Trinajstić information content (AvgIpc) is 2.41. The molecule has 1 saturated heterocycles.